The van der Waals surface area contributed by atoms with Crippen LogP contribution in [0.2, 0.25) is 0 Å². The number of hydrogen-bond donors (Lipinski definition) is 1. The first kappa shape index (κ1) is 14.5. The molecular weight excluding hydrogens is 212 g/mol. The number of amides is 1. The summed E-state index contributed by atoms with van der Waals surface area (Å²) in [4.78, 5) is 14.2. The molecule has 1 amide bonds. The molecule has 1 saturated heterocycles. The Balaban J connectivity index is 2.30. The third-order valence-corrected chi connectivity index (χ3v) is 3.86. The zero-order chi connectivity index (χ0) is 12.7. The van der Waals surface area contributed by atoms with Gasteiger partial charge in [0.25, 0.3) is 0 Å². The van der Waals surface area contributed by atoms with E-state index < -0.39 is 0 Å². The number of rotatable bonds is 6. The molecule has 0 spiro atoms. The van der Waals surface area contributed by atoms with Crippen LogP contribution in [-0.2, 0) is 4.79 Å². The van der Waals surface area contributed by atoms with Crippen LogP contribution in [0.15, 0.2) is 0 Å². The fourth-order valence-corrected chi connectivity index (χ4v) is 2.47. The van der Waals surface area contributed by atoms with E-state index >= 15 is 0 Å². The highest BCUT2D eigenvalue weighted by Crippen LogP contribution is 2.19. The zero-order valence-corrected chi connectivity index (χ0v) is 11.7. The summed E-state index contributed by atoms with van der Waals surface area (Å²) in [6.07, 6.45) is 6.54. The lowest BCUT2D eigenvalue weighted by Gasteiger charge is -2.35. The Morgan fingerprint density at radius 2 is 2.18 bits per heavy atom. The maximum Gasteiger partial charge on any atom is 0.224 e. The zero-order valence-electron chi connectivity index (χ0n) is 11.7. The van der Waals surface area contributed by atoms with Gasteiger partial charge in [-0.3, -0.25) is 4.79 Å². The van der Waals surface area contributed by atoms with Crippen LogP contribution < -0.4 is 5.32 Å². The molecule has 0 radical (unpaired) electrons. The topological polar surface area (TPSA) is 32.3 Å². The van der Waals surface area contributed by atoms with Crippen LogP contribution in [0, 0.1) is 0 Å². The van der Waals surface area contributed by atoms with Crippen molar-refractivity contribution in [1.29, 1.82) is 0 Å². The van der Waals surface area contributed by atoms with Crippen molar-refractivity contribution in [2.24, 2.45) is 0 Å². The molecule has 2 unspecified atom stereocenters. The van der Waals surface area contributed by atoms with Crippen molar-refractivity contribution in [2.75, 3.05) is 13.1 Å². The number of likely N-dealkylation sites (tertiary alicyclic amines) is 1. The second kappa shape index (κ2) is 7.70. The highest BCUT2D eigenvalue weighted by atomic mass is 16.2. The fourth-order valence-electron chi connectivity index (χ4n) is 2.47. The quantitative estimate of drug-likeness (QED) is 0.774. The van der Waals surface area contributed by atoms with E-state index in [1.807, 2.05) is 0 Å². The van der Waals surface area contributed by atoms with E-state index in [-0.39, 0.29) is 0 Å². The molecule has 1 aliphatic rings. The van der Waals surface area contributed by atoms with Crippen LogP contribution in [0.1, 0.15) is 59.3 Å². The molecule has 0 bridgehead atoms. The Labute approximate surface area is 106 Å². The van der Waals surface area contributed by atoms with E-state index in [2.05, 4.69) is 31.0 Å². The van der Waals surface area contributed by atoms with Crippen LogP contribution in [0.25, 0.3) is 0 Å². The third kappa shape index (κ3) is 4.66. The number of nitrogens with zero attached hydrogens (tertiary/aromatic N) is 1. The SMILES string of the molecule is CCC(C)NCCC(=O)N1CCCCC1CC. The molecule has 100 valence electrons. The molecule has 0 saturated carbocycles. The number of piperidine rings is 1. The second-order valence-corrected chi connectivity index (χ2v) is 5.16. The monoisotopic (exact) mass is 240 g/mol. The van der Waals surface area contributed by atoms with Gasteiger partial charge in [-0.2, -0.15) is 0 Å². The molecule has 1 rings (SSSR count). The van der Waals surface area contributed by atoms with E-state index in [0.29, 0.717) is 24.4 Å². The van der Waals surface area contributed by atoms with Gasteiger partial charge in [0.2, 0.25) is 5.91 Å². The molecule has 17 heavy (non-hydrogen) atoms. The number of carbonyl (C=O) groups excluding carboxylic acids is 1. The van der Waals surface area contributed by atoms with Crippen LogP contribution in [0.3, 0.4) is 0 Å². The summed E-state index contributed by atoms with van der Waals surface area (Å²) >= 11 is 0. The lowest BCUT2D eigenvalue weighted by molar-refractivity contribution is -0.134. The van der Waals surface area contributed by atoms with Crippen LogP contribution in [0.5, 0.6) is 0 Å². The summed E-state index contributed by atoms with van der Waals surface area (Å²) in [5.41, 5.74) is 0. The first-order valence-electron chi connectivity index (χ1n) is 7.21. The van der Waals surface area contributed by atoms with Crippen molar-refractivity contribution >= 4 is 5.91 Å². The minimum atomic E-state index is 0.340. The molecule has 1 aliphatic heterocycles. The van der Waals surface area contributed by atoms with Gasteiger partial charge in [-0.25, -0.2) is 0 Å². The Hall–Kier alpha value is -0.570. The van der Waals surface area contributed by atoms with Gasteiger partial charge in [-0.1, -0.05) is 13.8 Å². The average molecular weight is 240 g/mol. The molecule has 2 atom stereocenters. The standard InChI is InChI=1S/C14H28N2O/c1-4-12(3)15-10-9-14(17)16-11-7-6-8-13(16)5-2/h12-13,15H,4-11H2,1-3H3. The van der Waals surface area contributed by atoms with Gasteiger partial charge in [0.1, 0.15) is 0 Å². The molecule has 0 aliphatic carbocycles. The Bertz CT molecular complexity index is 230. The van der Waals surface area contributed by atoms with Crippen LogP contribution >= 0.6 is 0 Å². The maximum atomic E-state index is 12.1. The summed E-state index contributed by atoms with van der Waals surface area (Å²) in [5, 5.41) is 3.39. The summed E-state index contributed by atoms with van der Waals surface area (Å²) in [7, 11) is 0. The van der Waals surface area contributed by atoms with E-state index in [1.165, 1.54) is 19.3 Å². The summed E-state index contributed by atoms with van der Waals surface area (Å²) in [6, 6.07) is 1.02. The lowest BCUT2D eigenvalue weighted by Crippen LogP contribution is -2.44. The molecule has 0 aromatic carbocycles. The molecule has 1 heterocycles. The van der Waals surface area contributed by atoms with Crippen molar-refractivity contribution < 1.29 is 4.79 Å². The van der Waals surface area contributed by atoms with E-state index in [4.69, 9.17) is 0 Å². The van der Waals surface area contributed by atoms with Crippen LogP contribution in [0.4, 0.5) is 0 Å². The van der Waals surface area contributed by atoms with Gasteiger partial charge >= 0.3 is 0 Å². The lowest BCUT2D eigenvalue weighted by atomic mass is 9.99. The minimum absolute atomic E-state index is 0.340. The molecule has 1 fully saturated rings. The highest BCUT2D eigenvalue weighted by Gasteiger charge is 2.24. The van der Waals surface area contributed by atoms with Crippen molar-refractivity contribution in [3.05, 3.63) is 0 Å². The third-order valence-electron chi connectivity index (χ3n) is 3.86. The first-order valence-corrected chi connectivity index (χ1v) is 7.21. The predicted molar refractivity (Wildman–Crippen MR) is 72.0 cm³/mol. The van der Waals surface area contributed by atoms with Gasteiger partial charge in [0.05, 0.1) is 0 Å². The highest BCUT2D eigenvalue weighted by molar-refractivity contribution is 5.76. The normalized spacial score (nSPS) is 22.5. The largest absolute Gasteiger partial charge is 0.340 e. The molecule has 1 N–H and O–H groups in total. The predicted octanol–water partition coefficient (Wildman–Crippen LogP) is 2.56. The van der Waals surface area contributed by atoms with Crippen molar-refractivity contribution in [2.45, 2.75) is 71.4 Å². The van der Waals surface area contributed by atoms with Gasteiger partial charge in [-0.05, 0) is 39.0 Å². The Morgan fingerprint density at radius 1 is 1.41 bits per heavy atom. The molecule has 0 aromatic heterocycles. The van der Waals surface area contributed by atoms with Crippen molar-refractivity contribution in [3.8, 4) is 0 Å². The molecule has 3 heteroatoms. The second-order valence-electron chi connectivity index (χ2n) is 5.16. The number of hydrogen-bond acceptors (Lipinski definition) is 2. The van der Waals surface area contributed by atoms with Crippen LogP contribution in [-0.4, -0.2) is 36.0 Å². The number of carbonyl (C=O) groups is 1. The van der Waals surface area contributed by atoms with E-state index in [1.54, 1.807) is 0 Å². The van der Waals surface area contributed by atoms with E-state index in [9.17, 15) is 4.79 Å². The molecule has 3 nitrogen and oxygen atoms in total. The van der Waals surface area contributed by atoms with E-state index in [0.717, 1.165) is 25.9 Å². The van der Waals surface area contributed by atoms with Gasteiger partial charge in [-0.15, -0.1) is 0 Å². The van der Waals surface area contributed by atoms with Crippen molar-refractivity contribution in [3.63, 3.8) is 0 Å². The number of nitrogens with one attached hydrogen (secondary N) is 1. The molecule has 0 aromatic rings. The van der Waals surface area contributed by atoms with Gasteiger partial charge < -0.3 is 10.2 Å². The average Bonchev–Trinajstić information content (AvgIpc) is 2.38. The molecular formula is C14H28N2O. The van der Waals surface area contributed by atoms with Gasteiger partial charge in [0.15, 0.2) is 0 Å². The minimum Gasteiger partial charge on any atom is -0.340 e. The van der Waals surface area contributed by atoms with Gasteiger partial charge in [0, 0.05) is 31.6 Å². The summed E-state index contributed by atoms with van der Waals surface area (Å²) in [6.45, 7) is 8.31. The Morgan fingerprint density at radius 3 is 2.82 bits per heavy atom. The summed E-state index contributed by atoms with van der Waals surface area (Å²) in [5.74, 6) is 0.340. The fraction of sp³-hybridized carbons (Fsp3) is 0.929. The van der Waals surface area contributed by atoms with Crippen molar-refractivity contribution in [1.82, 2.24) is 10.2 Å². The summed E-state index contributed by atoms with van der Waals surface area (Å²) < 4.78 is 0. The Kier molecular flexibility index (Phi) is 6.56. The smallest absolute Gasteiger partial charge is 0.224 e. The maximum absolute atomic E-state index is 12.1. The first-order chi connectivity index (χ1) is 8.19.